The van der Waals surface area contributed by atoms with E-state index in [9.17, 15) is 9.59 Å². The van der Waals surface area contributed by atoms with Crippen molar-refractivity contribution in [2.75, 3.05) is 30.7 Å². The molecule has 2 heterocycles. The number of aryl methyl sites for hydroxylation is 1. The van der Waals surface area contributed by atoms with Crippen LogP contribution in [-0.4, -0.2) is 57.6 Å². The van der Waals surface area contributed by atoms with Crippen LogP contribution in [0, 0.1) is 6.92 Å². The van der Waals surface area contributed by atoms with Gasteiger partial charge in [-0.05, 0) is 43.5 Å². The summed E-state index contributed by atoms with van der Waals surface area (Å²) in [7, 11) is 0. The Balaban J connectivity index is 1.47. The van der Waals surface area contributed by atoms with Crippen molar-refractivity contribution in [2.45, 2.75) is 24.8 Å². The Bertz CT molecular complexity index is 759. The number of likely N-dealkylation sites (tertiary alicyclic amines) is 1. The number of anilines is 1. The minimum Gasteiger partial charge on any atom is -0.339 e. The summed E-state index contributed by atoms with van der Waals surface area (Å²) in [5.41, 5.74) is 2.23. The van der Waals surface area contributed by atoms with E-state index in [1.54, 1.807) is 18.3 Å². The van der Waals surface area contributed by atoms with Gasteiger partial charge in [-0.1, -0.05) is 0 Å². The van der Waals surface area contributed by atoms with Crippen LogP contribution in [0.15, 0.2) is 29.4 Å². The standard InChI is InChI=1S/C17H22N6O2S/c1-12-10-13(16(24)23-7-2-3-8-23)4-5-14(12)20-17(25)18-6-9-26-15-11-19-22-21-15/h4-5,10-11H,2-3,6-9H2,1H3,(H2,18,20,25)(H,19,21,22). The minimum absolute atomic E-state index is 0.0616. The molecule has 0 bridgehead atoms. The number of benzene rings is 1. The van der Waals surface area contributed by atoms with Gasteiger partial charge in [0.15, 0.2) is 0 Å². The second kappa shape index (κ2) is 8.70. The number of hydrogen-bond donors (Lipinski definition) is 3. The lowest BCUT2D eigenvalue weighted by atomic mass is 10.1. The highest BCUT2D eigenvalue weighted by molar-refractivity contribution is 7.99. The van der Waals surface area contributed by atoms with Crippen LogP contribution in [0.1, 0.15) is 28.8 Å². The van der Waals surface area contributed by atoms with E-state index in [4.69, 9.17) is 0 Å². The Morgan fingerprint density at radius 1 is 1.31 bits per heavy atom. The molecule has 1 saturated heterocycles. The highest BCUT2D eigenvalue weighted by Crippen LogP contribution is 2.19. The summed E-state index contributed by atoms with van der Waals surface area (Å²) in [6.45, 7) is 4.05. The zero-order valence-corrected chi connectivity index (χ0v) is 15.4. The number of rotatable bonds is 6. The molecule has 1 aromatic carbocycles. The molecule has 0 spiro atoms. The van der Waals surface area contributed by atoms with E-state index in [1.165, 1.54) is 11.8 Å². The summed E-state index contributed by atoms with van der Waals surface area (Å²) in [6, 6.07) is 5.11. The number of carbonyl (C=O) groups excluding carboxylic acids is 2. The number of nitrogens with zero attached hydrogens (tertiary/aromatic N) is 3. The molecule has 2 aromatic rings. The Morgan fingerprint density at radius 3 is 2.81 bits per heavy atom. The molecule has 3 rings (SSSR count). The van der Waals surface area contributed by atoms with Gasteiger partial charge in [-0.3, -0.25) is 4.79 Å². The summed E-state index contributed by atoms with van der Waals surface area (Å²) < 4.78 is 0. The zero-order valence-electron chi connectivity index (χ0n) is 14.6. The quantitative estimate of drug-likeness (QED) is 0.532. The molecule has 0 radical (unpaired) electrons. The van der Waals surface area contributed by atoms with Crippen LogP contribution >= 0.6 is 11.8 Å². The highest BCUT2D eigenvalue weighted by atomic mass is 32.2. The van der Waals surface area contributed by atoms with Gasteiger partial charge < -0.3 is 15.5 Å². The fraction of sp³-hybridized carbons (Fsp3) is 0.412. The molecular formula is C17H22N6O2S. The van der Waals surface area contributed by atoms with Crippen molar-refractivity contribution in [1.29, 1.82) is 0 Å². The van der Waals surface area contributed by atoms with Crippen LogP contribution in [-0.2, 0) is 0 Å². The maximum absolute atomic E-state index is 12.4. The number of urea groups is 1. The van der Waals surface area contributed by atoms with Crippen LogP contribution < -0.4 is 10.6 Å². The molecule has 0 saturated carbocycles. The normalized spacial score (nSPS) is 13.7. The second-order valence-electron chi connectivity index (χ2n) is 6.07. The minimum atomic E-state index is -0.271. The molecule has 1 aliphatic heterocycles. The van der Waals surface area contributed by atoms with Gasteiger partial charge in [0.25, 0.3) is 5.91 Å². The number of carbonyl (C=O) groups is 2. The largest absolute Gasteiger partial charge is 0.339 e. The summed E-state index contributed by atoms with van der Waals surface area (Å²) >= 11 is 1.51. The molecule has 0 unspecified atom stereocenters. The molecule has 1 fully saturated rings. The van der Waals surface area contributed by atoms with E-state index < -0.39 is 0 Å². The van der Waals surface area contributed by atoms with Crippen molar-refractivity contribution < 1.29 is 9.59 Å². The van der Waals surface area contributed by atoms with Crippen molar-refractivity contribution in [2.24, 2.45) is 0 Å². The number of aromatic nitrogens is 3. The number of amides is 3. The van der Waals surface area contributed by atoms with Gasteiger partial charge in [-0.15, -0.1) is 16.9 Å². The van der Waals surface area contributed by atoms with Crippen molar-refractivity contribution >= 4 is 29.4 Å². The van der Waals surface area contributed by atoms with Crippen molar-refractivity contribution in [3.63, 3.8) is 0 Å². The van der Waals surface area contributed by atoms with Crippen molar-refractivity contribution in [1.82, 2.24) is 25.6 Å². The first kappa shape index (κ1) is 18.2. The molecule has 0 aliphatic carbocycles. The molecule has 0 atom stereocenters. The molecule has 3 amide bonds. The lowest BCUT2D eigenvalue weighted by Crippen LogP contribution is -2.31. The van der Waals surface area contributed by atoms with Gasteiger partial charge in [0.2, 0.25) is 0 Å². The Morgan fingerprint density at radius 2 is 2.12 bits per heavy atom. The number of nitrogens with one attached hydrogen (secondary N) is 3. The van der Waals surface area contributed by atoms with E-state index in [2.05, 4.69) is 26.0 Å². The third-order valence-corrected chi connectivity index (χ3v) is 5.05. The number of aromatic amines is 1. The SMILES string of the molecule is Cc1cc(C(=O)N2CCCC2)ccc1NC(=O)NCCSc1cn[nH]n1. The third-order valence-electron chi connectivity index (χ3n) is 4.15. The Hall–Kier alpha value is -2.55. The topological polar surface area (TPSA) is 103 Å². The Labute approximate surface area is 156 Å². The molecule has 3 N–H and O–H groups in total. The molecular weight excluding hydrogens is 352 g/mol. The summed E-state index contributed by atoms with van der Waals surface area (Å²) in [5.74, 6) is 0.758. The van der Waals surface area contributed by atoms with Crippen molar-refractivity contribution in [3.05, 3.63) is 35.5 Å². The first-order chi connectivity index (χ1) is 12.6. The molecule has 9 heteroatoms. The first-order valence-electron chi connectivity index (χ1n) is 8.57. The smallest absolute Gasteiger partial charge is 0.319 e. The van der Waals surface area contributed by atoms with Crippen LogP contribution in [0.4, 0.5) is 10.5 Å². The number of thioether (sulfide) groups is 1. The maximum Gasteiger partial charge on any atom is 0.319 e. The van der Waals surface area contributed by atoms with Gasteiger partial charge >= 0.3 is 6.03 Å². The second-order valence-corrected chi connectivity index (χ2v) is 7.18. The average Bonchev–Trinajstić information content (AvgIpc) is 3.33. The van der Waals surface area contributed by atoms with E-state index in [0.29, 0.717) is 23.5 Å². The van der Waals surface area contributed by atoms with Gasteiger partial charge in [0.1, 0.15) is 5.03 Å². The van der Waals surface area contributed by atoms with Gasteiger partial charge in [-0.25, -0.2) is 4.79 Å². The Kier molecular flexibility index (Phi) is 6.11. The van der Waals surface area contributed by atoms with E-state index in [0.717, 1.165) is 36.5 Å². The fourth-order valence-electron chi connectivity index (χ4n) is 2.79. The average molecular weight is 374 g/mol. The van der Waals surface area contributed by atoms with E-state index in [1.807, 2.05) is 17.9 Å². The lowest BCUT2D eigenvalue weighted by molar-refractivity contribution is 0.0792. The van der Waals surface area contributed by atoms with Gasteiger partial charge in [0, 0.05) is 36.6 Å². The number of H-pyrrole nitrogens is 1. The van der Waals surface area contributed by atoms with E-state index >= 15 is 0 Å². The van der Waals surface area contributed by atoms with Crippen LogP contribution in [0.3, 0.4) is 0 Å². The molecule has 26 heavy (non-hydrogen) atoms. The lowest BCUT2D eigenvalue weighted by Gasteiger charge is -2.16. The van der Waals surface area contributed by atoms with Crippen molar-refractivity contribution in [3.8, 4) is 0 Å². The third kappa shape index (κ3) is 4.75. The number of hydrogen-bond acceptors (Lipinski definition) is 5. The van der Waals surface area contributed by atoms with Crippen LogP contribution in [0.5, 0.6) is 0 Å². The highest BCUT2D eigenvalue weighted by Gasteiger charge is 2.19. The maximum atomic E-state index is 12.4. The molecule has 1 aliphatic rings. The van der Waals surface area contributed by atoms with Crippen LogP contribution in [0.2, 0.25) is 0 Å². The molecule has 138 valence electrons. The monoisotopic (exact) mass is 374 g/mol. The zero-order chi connectivity index (χ0) is 18.4. The predicted molar refractivity (Wildman–Crippen MR) is 100 cm³/mol. The molecule has 8 nitrogen and oxygen atoms in total. The summed E-state index contributed by atoms with van der Waals surface area (Å²) in [5, 5.41) is 16.6. The van der Waals surface area contributed by atoms with Gasteiger partial charge in [-0.2, -0.15) is 10.3 Å². The first-order valence-corrected chi connectivity index (χ1v) is 9.55. The van der Waals surface area contributed by atoms with E-state index in [-0.39, 0.29) is 11.9 Å². The van der Waals surface area contributed by atoms with Gasteiger partial charge in [0.05, 0.1) is 6.20 Å². The molecule has 1 aromatic heterocycles. The summed E-state index contributed by atoms with van der Waals surface area (Å²) in [6.07, 6.45) is 3.78. The van der Waals surface area contributed by atoms with Crippen LogP contribution in [0.25, 0.3) is 0 Å². The summed E-state index contributed by atoms with van der Waals surface area (Å²) in [4.78, 5) is 26.3. The fourth-order valence-corrected chi connectivity index (χ4v) is 3.43. The predicted octanol–water partition coefficient (Wildman–Crippen LogP) is 2.26.